The largest absolute Gasteiger partial charge is 0.352 e. The fraction of sp³-hybridized carbons (Fsp3) is 0.467. The van der Waals surface area contributed by atoms with Crippen molar-refractivity contribution in [2.75, 3.05) is 11.9 Å². The van der Waals surface area contributed by atoms with Crippen molar-refractivity contribution >= 4 is 28.2 Å². The number of rotatable bonds is 5. The lowest BCUT2D eigenvalue weighted by Crippen LogP contribution is -2.25. The quantitative estimate of drug-likeness (QED) is 0.643. The number of aryl methyl sites for hydroxylation is 1. The monoisotopic (exact) mass is 349 g/mol. The fourth-order valence-electron chi connectivity index (χ4n) is 2.85. The van der Waals surface area contributed by atoms with E-state index in [1.165, 1.54) is 16.2 Å². The molecule has 8 nitrogen and oxygen atoms in total. The number of carbonyl (C=O) groups excluding carboxylic acids is 2. The average Bonchev–Trinajstić information content (AvgIpc) is 3.10. The summed E-state index contributed by atoms with van der Waals surface area (Å²) in [6.07, 6.45) is 3.90. The number of thiophene rings is 1. The average molecular weight is 349 g/mol. The van der Waals surface area contributed by atoms with Gasteiger partial charge in [0.2, 0.25) is 5.91 Å². The van der Waals surface area contributed by atoms with E-state index in [0.717, 1.165) is 31.2 Å². The molecule has 2 heterocycles. The summed E-state index contributed by atoms with van der Waals surface area (Å²) in [5.74, 6) is -0.208. The van der Waals surface area contributed by atoms with Crippen LogP contribution in [-0.4, -0.2) is 33.5 Å². The summed E-state index contributed by atoms with van der Waals surface area (Å²) in [5, 5.41) is 12.1. The molecule has 9 heteroatoms. The maximum Gasteiger partial charge on any atom is 0.340 e. The highest BCUT2D eigenvalue weighted by molar-refractivity contribution is 7.17. The molecule has 0 fully saturated rings. The molecule has 1 aliphatic carbocycles. The Morgan fingerprint density at radius 2 is 2.08 bits per heavy atom. The van der Waals surface area contributed by atoms with Gasteiger partial charge >= 0.3 is 5.69 Å². The number of anilines is 1. The number of hydrogen-bond donors (Lipinski definition) is 4. The van der Waals surface area contributed by atoms with Gasteiger partial charge in [-0.05, 0) is 38.2 Å². The Labute approximate surface area is 142 Å². The molecule has 0 atom stereocenters. The zero-order valence-electron chi connectivity index (χ0n) is 13.3. The molecule has 2 aromatic rings. The van der Waals surface area contributed by atoms with E-state index < -0.39 is 5.69 Å². The van der Waals surface area contributed by atoms with Crippen molar-refractivity contribution in [2.45, 2.75) is 39.0 Å². The van der Waals surface area contributed by atoms with Crippen molar-refractivity contribution in [3.63, 3.8) is 0 Å². The minimum Gasteiger partial charge on any atom is -0.352 e. The summed E-state index contributed by atoms with van der Waals surface area (Å²) in [6.45, 7) is 2.40. The van der Waals surface area contributed by atoms with Crippen LogP contribution in [0.2, 0.25) is 0 Å². The Balaban J connectivity index is 1.83. The number of nitrogens with one attached hydrogen (secondary N) is 4. The van der Waals surface area contributed by atoms with Gasteiger partial charge in [0.25, 0.3) is 5.91 Å². The Morgan fingerprint density at radius 3 is 2.79 bits per heavy atom. The van der Waals surface area contributed by atoms with Gasteiger partial charge in [0, 0.05) is 11.4 Å². The van der Waals surface area contributed by atoms with E-state index in [0.29, 0.717) is 17.1 Å². The maximum absolute atomic E-state index is 12.4. The van der Waals surface area contributed by atoms with Crippen molar-refractivity contribution in [2.24, 2.45) is 0 Å². The van der Waals surface area contributed by atoms with Crippen molar-refractivity contribution < 1.29 is 9.59 Å². The lowest BCUT2D eigenvalue weighted by molar-refractivity contribution is -0.115. The molecule has 0 aromatic carbocycles. The first-order valence-electron chi connectivity index (χ1n) is 7.94. The van der Waals surface area contributed by atoms with Gasteiger partial charge in [-0.2, -0.15) is 5.10 Å². The third-order valence-corrected chi connectivity index (χ3v) is 5.07. The second-order valence-corrected chi connectivity index (χ2v) is 6.73. The van der Waals surface area contributed by atoms with Gasteiger partial charge < -0.3 is 10.6 Å². The summed E-state index contributed by atoms with van der Waals surface area (Å²) in [6, 6.07) is 0. The van der Waals surface area contributed by atoms with Crippen LogP contribution in [0.15, 0.2) is 4.79 Å². The van der Waals surface area contributed by atoms with Crippen LogP contribution in [0.3, 0.4) is 0 Å². The van der Waals surface area contributed by atoms with Crippen LogP contribution in [0.1, 0.15) is 46.4 Å². The molecular formula is C15H19N5O3S. The molecule has 0 radical (unpaired) electrons. The van der Waals surface area contributed by atoms with Crippen molar-refractivity contribution in [3.8, 4) is 0 Å². The van der Waals surface area contributed by atoms with Crippen molar-refractivity contribution in [1.82, 2.24) is 20.5 Å². The third-order valence-electron chi connectivity index (χ3n) is 3.87. The molecule has 3 rings (SSSR count). The predicted octanol–water partition coefficient (Wildman–Crippen LogP) is 0.969. The Kier molecular flexibility index (Phi) is 4.79. The maximum atomic E-state index is 12.4. The lowest BCUT2D eigenvalue weighted by Gasteiger charge is -2.12. The summed E-state index contributed by atoms with van der Waals surface area (Å²) < 4.78 is 0. The molecule has 2 amide bonds. The van der Waals surface area contributed by atoms with Crippen LogP contribution in [0, 0.1) is 0 Å². The van der Waals surface area contributed by atoms with Crippen molar-refractivity contribution in [1.29, 1.82) is 0 Å². The molecule has 2 aromatic heterocycles. The van der Waals surface area contributed by atoms with E-state index in [1.807, 2.05) is 6.92 Å². The molecule has 0 saturated carbocycles. The Hall–Kier alpha value is -2.42. The van der Waals surface area contributed by atoms with Crippen LogP contribution >= 0.6 is 11.3 Å². The zero-order valence-corrected chi connectivity index (χ0v) is 14.1. The topological polar surface area (TPSA) is 120 Å². The predicted molar refractivity (Wildman–Crippen MR) is 90.5 cm³/mol. The molecular weight excluding hydrogens is 330 g/mol. The second kappa shape index (κ2) is 7.00. The molecule has 4 N–H and O–H groups in total. The zero-order chi connectivity index (χ0) is 17.1. The van der Waals surface area contributed by atoms with E-state index in [-0.39, 0.29) is 24.1 Å². The van der Waals surface area contributed by atoms with E-state index in [4.69, 9.17) is 0 Å². The van der Waals surface area contributed by atoms with E-state index in [1.54, 1.807) is 0 Å². The van der Waals surface area contributed by atoms with Gasteiger partial charge in [0.05, 0.1) is 12.0 Å². The number of amides is 2. The standard InChI is InChI=1S/C15H19N5O3S/c1-2-16-13(22)12-8-5-3-4-6-9(8)24-14(12)18-11(21)7-10-17-15(23)20-19-10/h2-7H2,1H3,(H,16,22)(H,18,21)(H2,17,19,20,23). The molecule has 0 bridgehead atoms. The summed E-state index contributed by atoms with van der Waals surface area (Å²) in [5.41, 5.74) is 1.19. The van der Waals surface area contributed by atoms with Crippen LogP contribution < -0.4 is 16.3 Å². The Morgan fingerprint density at radius 1 is 1.29 bits per heavy atom. The smallest absolute Gasteiger partial charge is 0.340 e. The minimum absolute atomic E-state index is 0.0594. The highest BCUT2D eigenvalue weighted by Gasteiger charge is 2.26. The molecule has 0 saturated heterocycles. The van der Waals surface area contributed by atoms with E-state index in [2.05, 4.69) is 25.8 Å². The Bertz CT molecular complexity index is 819. The summed E-state index contributed by atoms with van der Waals surface area (Å²) >= 11 is 1.47. The molecule has 1 aliphatic rings. The molecule has 0 unspecified atom stereocenters. The number of aromatic nitrogens is 3. The van der Waals surface area contributed by atoms with Crippen LogP contribution in [-0.2, 0) is 24.1 Å². The van der Waals surface area contributed by atoms with Gasteiger partial charge in [-0.3, -0.25) is 14.6 Å². The minimum atomic E-state index is -0.451. The lowest BCUT2D eigenvalue weighted by atomic mass is 9.95. The van der Waals surface area contributed by atoms with Gasteiger partial charge in [0.15, 0.2) is 0 Å². The van der Waals surface area contributed by atoms with Crippen LogP contribution in [0.4, 0.5) is 5.00 Å². The normalized spacial score (nSPS) is 13.4. The van der Waals surface area contributed by atoms with E-state index in [9.17, 15) is 14.4 Å². The first kappa shape index (κ1) is 16.4. The number of fused-ring (bicyclic) bond motifs is 1. The van der Waals surface area contributed by atoms with Gasteiger partial charge in [0.1, 0.15) is 10.8 Å². The second-order valence-electron chi connectivity index (χ2n) is 5.62. The first-order chi connectivity index (χ1) is 11.6. The summed E-state index contributed by atoms with van der Waals surface area (Å²) in [4.78, 5) is 39.3. The summed E-state index contributed by atoms with van der Waals surface area (Å²) in [7, 11) is 0. The van der Waals surface area contributed by atoms with E-state index >= 15 is 0 Å². The SMILES string of the molecule is CCNC(=O)c1c(NC(=O)Cc2n[nH]c(=O)[nH]2)sc2c1CCCC2. The fourth-order valence-corrected chi connectivity index (χ4v) is 4.16. The third kappa shape index (κ3) is 3.40. The van der Waals surface area contributed by atoms with Gasteiger partial charge in [-0.15, -0.1) is 11.3 Å². The van der Waals surface area contributed by atoms with Gasteiger partial charge in [-0.25, -0.2) is 9.89 Å². The number of H-pyrrole nitrogens is 2. The van der Waals surface area contributed by atoms with Gasteiger partial charge in [-0.1, -0.05) is 0 Å². The van der Waals surface area contributed by atoms with Crippen LogP contribution in [0.5, 0.6) is 0 Å². The number of aromatic amines is 2. The van der Waals surface area contributed by atoms with Crippen molar-refractivity contribution in [3.05, 3.63) is 32.3 Å². The molecule has 128 valence electrons. The number of carbonyl (C=O) groups is 2. The molecule has 24 heavy (non-hydrogen) atoms. The highest BCUT2D eigenvalue weighted by atomic mass is 32.1. The molecule has 0 aliphatic heterocycles. The number of nitrogens with zero attached hydrogens (tertiary/aromatic N) is 1. The number of hydrogen-bond acceptors (Lipinski definition) is 5. The van der Waals surface area contributed by atoms with Crippen LogP contribution in [0.25, 0.3) is 0 Å². The highest BCUT2D eigenvalue weighted by Crippen LogP contribution is 2.38. The first-order valence-corrected chi connectivity index (χ1v) is 8.76. The molecule has 0 spiro atoms.